The molecule has 3 rings (SSSR count). The van der Waals surface area contributed by atoms with Crippen molar-refractivity contribution in [3.05, 3.63) is 59.0 Å². The Balaban J connectivity index is 0.00000280. The Morgan fingerprint density at radius 2 is 1.93 bits per heavy atom. The van der Waals surface area contributed by atoms with Crippen LogP contribution in [0, 0.1) is 19.8 Å². The van der Waals surface area contributed by atoms with Crippen molar-refractivity contribution in [2.24, 2.45) is 10.9 Å². The lowest BCUT2D eigenvalue weighted by atomic mass is 9.89. The van der Waals surface area contributed by atoms with E-state index in [2.05, 4.69) is 53.7 Å². The van der Waals surface area contributed by atoms with Crippen molar-refractivity contribution in [2.75, 3.05) is 20.2 Å². The zero-order valence-corrected chi connectivity index (χ0v) is 19.5. The van der Waals surface area contributed by atoms with E-state index < -0.39 is 0 Å². The standard InChI is InChI=1S/C22H31N3O2.HI/c1-15-7-10-18(11-8-15)21-19(6-5-13-26-21)14-24-22(23-4)25-17(3)20-12-9-16(2)27-20;/h7-12,17,19,21H,5-6,13-14H2,1-4H3,(H2,23,24,25);1H. The molecule has 2 N–H and O–H groups in total. The first-order chi connectivity index (χ1) is 13.1. The number of aryl methyl sites for hydroxylation is 2. The van der Waals surface area contributed by atoms with E-state index in [1.54, 1.807) is 7.05 Å². The number of nitrogens with one attached hydrogen (secondary N) is 2. The van der Waals surface area contributed by atoms with Gasteiger partial charge in [0.05, 0.1) is 12.1 Å². The van der Waals surface area contributed by atoms with Crippen LogP contribution in [0.15, 0.2) is 45.8 Å². The van der Waals surface area contributed by atoms with Crippen molar-refractivity contribution in [1.29, 1.82) is 0 Å². The molecule has 5 nitrogen and oxygen atoms in total. The van der Waals surface area contributed by atoms with Gasteiger partial charge in [-0.15, -0.1) is 24.0 Å². The molecule has 0 amide bonds. The molecule has 0 aliphatic carbocycles. The van der Waals surface area contributed by atoms with Gasteiger partial charge in [0.1, 0.15) is 11.5 Å². The second-order valence-electron chi connectivity index (χ2n) is 7.37. The number of aliphatic imine (C=N–C) groups is 1. The van der Waals surface area contributed by atoms with Crippen LogP contribution in [-0.2, 0) is 4.74 Å². The monoisotopic (exact) mass is 497 g/mol. The van der Waals surface area contributed by atoms with E-state index >= 15 is 0 Å². The first kappa shape index (κ1) is 22.7. The molecule has 0 bridgehead atoms. The van der Waals surface area contributed by atoms with Crippen molar-refractivity contribution < 1.29 is 9.15 Å². The maximum Gasteiger partial charge on any atom is 0.191 e. The second kappa shape index (κ2) is 10.9. The molecule has 1 aromatic heterocycles. The molecule has 3 atom stereocenters. The molecule has 1 saturated heterocycles. The molecule has 1 aromatic carbocycles. The van der Waals surface area contributed by atoms with Crippen LogP contribution in [0.4, 0.5) is 0 Å². The maximum absolute atomic E-state index is 6.12. The van der Waals surface area contributed by atoms with Gasteiger partial charge in [0.25, 0.3) is 0 Å². The molecular formula is C22H32IN3O2. The number of hydrogen-bond acceptors (Lipinski definition) is 3. The average Bonchev–Trinajstić information content (AvgIpc) is 3.12. The Labute approximate surface area is 185 Å². The van der Waals surface area contributed by atoms with Gasteiger partial charge in [-0.25, -0.2) is 0 Å². The molecule has 2 aromatic rings. The molecule has 6 heteroatoms. The summed E-state index contributed by atoms with van der Waals surface area (Å²) in [6.45, 7) is 7.79. The zero-order chi connectivity index (χ0) is 19.2. The van der Waals surface area contributed by atoms with E-state index in [-0.39, 0.29) is 36.1 Å². The van der Waals surface area contributed by atoms with Crippen LogP contribution in [0.25, 0.3) is 0 Å². The highest BCUT2D eigenvalue weighted by molar-refractivity contribution is 14.0. The fraction of sp³-hybridized carbons (Fsp3) is 0.500. The normalized spacial score (nSPS) is 20.9. The number of rotatable bonds is 5. The number of nitrogens with zero attached hydrogens (tertiary/aromatic N) is 1. The van der Waals surface area contributed by atoms with Crippen LogP contribution in [0.2, 0.25) is 0 Å². The van der Waals surface area contributed by atoms with Gasteiger partial charge in [0, 0.05) is 26.1 Å². The van der Waals surface area contributed by atoms with Crippen LogP contribution in [0.3, 0.4) is 0 Å². The van der Waals surface area contributed by atoms with Crippen LogP contribution < -0.4 is 10.6 Å². The van der Waals surface area contributed by atoms with E-state index in [1.165, 1.54) is 11.1 Å². The molecule has 1 aliphatic rings. The highest BCUT2D eigenvalue weighted by Crippen LogP contribution is 2.33. The van der Waals surface area contributed by atoms with Crippen molar-refractivity contribution in [2.45, 2.75) is 45.8 Å². The fourth-order valence-corrected chi connectivity index (χ4v) is 3.56. The lowest BCUT2D eigenvalue weighted by molar-refractivity contribution is -0.0265. The lowest BCUT2D eigenvalue weighted by Gasteiger charge is -2.33. The van der Waals surface area contributed by atoms with Gasteiger partial charge in [-0.1, -0.05) is 29.8 Å². The smallest absolute Gasteiger partial charge is 0.191 e. The molecule has 154 valence electrons. The molecule has 0 spiro atoms. The van der Waals surface area contributed by atoms with Gasteiger partial charge in [0.15, 0.2) is 5.96 Å². The topological polar surface area (TPSA) is 58.8 Å². The summed E-state index contributed by atoms with van der Waals surface area (Å²) in [5.74, 6) is 3.03. The molecule has 0 radical (unpaired) electrons. The van der Waals surface area contributed by atoms with Crippen molar-refractivity contribution in [1.82, 2.24) is 10.6 Å². The van der Waals surface area contributed by atoms with Gasteiger partial charge >= 0.3 is 0 Å². The maximum atomic E-state index is 6.12. The summed E-state index contributed by atoms with van der Waals surface area (Å²) in [4.78, 5) is 4.37. The zero-order valence-electron chi connectivity index (χ0n) is 17.2. The predicted octanol–water partition coefficient (Wildman–Crippen LogP) is 4.91. The third-order valence-corrected chi connectivity index (χ3v) is 5.15. The van der Waals surface area contributed by atoms with Crippen LogP contribution in [0.1, 0.15) is 54.6 Å². The number of halogens is 1. The number of furan rings is 1. The number of hydrogen-bond donors (Lipinski definition) is 2. The summed E-state index contributed by atoms with van der Waals surface area (Å²) in [6, 6.07) is 12.7. The molecule has 1 fully saturated rings. The minimum Gasteiger partial charge on any atom is -0.464 e. The van der Waals surface area contributed by atoms with Gasteiger partial charge < -0.3 is 19.8 Å². The first-order valence-corrected chi connectivity index (χ1v) is 9.78. The molecule has 3 unspecified atom stereocenters. The van der Waals surface area contributed by atoms with E-state index in [1.807, 2.05) is 19.1 Å². The Bertz CT molecular complexity index is 757. The third kappa shape index (κ3) is 5.98. The molecule has 28 heavy (non-hydrogen) atoms. The number of ether oxygens (including phenoxy) is 1. The van der Waals surface area contributed by atoms with Crippen molar-refractivity contribution in [3.8, 4) is 0 Å². The Hall–Kier alpha value is -1.54. The van der Waals surface area contributed by atoms with Gasteiger partial charge in [-0.2, -0.15) is 0 Å². The lowest BCUT2D eigenvalue weighted by Crippen LogP contribution is -2.42. The molecular weight excluding hydrogens is 465 g/mol. The van der Waals surface area contributed by atoms with Gasteiger partial charge in [-0.05, 0) is 51.3 Å². The molecule has 0 saturated carbocycles. The minimum atomic E-state index is 0. The van der Waals surface area contributed by atoms with Crippen LogP contribution in [0.5, 0.6) is 0 Å². The van der Waals surface area contributed by atoms with E-state index in [0.717, 1.165) is 43.5 Å². The highest BCUT2D eigenvalue weighted by Gasteiger charge is 2.27. The van der Waals surface area contributed by atoms with Gasteiger partial charge in [-0.3, -0.25) is 4.99 Å². The summed E-state index contributed by atoms with van der Waals surface area (Å²) < 4.78 is 11.8. The summed E-state index contributed by atoms with van der Waals surface area (Å²) in [7, 11) is 1.80. The quantitative estimate of drug-likeness (QED) is 0.350. The van der Waals surface area contributed by atoms with Crippen LogP contribution >= 0.6 is 24.0 Å². The SMILES string of the molecule is CN=C(NCC1CCCOC1c1ccc(C)cc1)NC(C)c1ccc(C)o1.I. The Morgan fingerprint density at radius 3 is 2.57 bits per heavy atom. The van der Waals surface area contributed by atoms with Crippen LogP contribution in [-0.4, -0.2) is 26.2 Å². The fourth-order valence-electron chi connectivity index (χ4n) is 3.56. The van der Waals surface area contributed by atoms with E-state index in [4.69, 9.17) is 9.15 Å². The Kier molecular flexibility index (Phi) is 8.82. The summed E-state index contributed by atoms with van der Waals surface area (Å²) in [5.41, 5.74) is 2.53. The second-order valence-corrected chi connectivity index (χ2v) is 7.37. The molecule has 2 heterocycles. The summed E-state index contributed by atoms with van der Waals surface area (Å²) in [5, 5.41) is 6.88. The van der Waals surface area contributed by atoms with E-state index in [0.29, 0.717) is 5.92 Å². The van der Waals surface area contributed by atoms with Crippen molar-refractivity contribution >= 4 is 29.9 Å². The number of benzene rings is 1. The van der Waals surface area contributed by atoms with E-state index in [9.17, 15) is 0 Å². The largest absolute Gasteiger partial charge is 0.464 e. The third-order valence-electron chi connectivity index (χ3n) is 5.15. The average molecular weight is 497 g/mol. The Morgan fingerprint density at radius 1 is 1.18 bits per heavy atom. The highest BCUT2D eigenvalue weighted by atomic mass is 127. The number of guanidine groups is 1. The predicted molar refractivity (Wildman–Crippen MR) is 124 cm³/mol. The van der Waals surface area contributed by atoms with Gasteiger partial charge in [0.2, 0.25) is 0 Å². The van der Waals surface area contributed by atoms with Crippen molar-refractivity contribution in [3.63, 3.8) is 0 Å². The minimum absolute atomic E-state index is 0. The summed E-state index contributed by atoms with van der Waals surface area (Å²) in [6.07, 6.45) is 2.38. The first-order valence-electron chi connectivity index (χ1n) is 9.78. The summed E-state index contributed by atoms with van der Waals surface area (Å²) >= 11 is 0. The molecule has 1 aliphatic heterocycles.